The highest BCUT2D eigenvalue weighted by Crippen LogP contribution is 2.26. The molecule has 1 aromatic carbocycles. The monoisotopic (exact) mass is 264 g/mol. The summed E-state index contributed by atoms with van der Waals surface area (Å²) in [5.74, 6) is -0.163. The molecule has 0 aromatic heterocycles. The van der Waals surface area contributed by atoms with Gasteiger partial charge in [0.05, 0.1) is 11.5 Å². The van der Waals surface area contributed by atoms with E-state index in [1.165, 1.54) is 19.1 Å². The fourth-order valence-electron chi connectivity index (χ4n) is 2.18. The number of nitro groups is 1. The number of anilines is 1. The van der Waals surface area contributed by atoms with Crippen molar-refractivity contribution in [2.45, 2.75) is 13.3 Å². The maximum Gasteiger partial charge on any atom is 0.270 e. The summed E-state index contributed by atoms with van der Waals surface area (Å²) >= 11 is 0. The van der Waals surface area contributed by atoms with Gasteiger partial charge in [0.25, 0.3) is 5.69 Å². The second-order valence-corrected chi connectivity index (χ2v) is 4.47. The Hall–Kier alpha value is -1.95. The molecule has 0 bridgehead atoms. The molecule has 6 nitrogen and oxygen atoms in total. The van der Waals surface area contributed by atoms with Crippen molar-refractivity contribution in [3.05, 3.63) is 33.9 Å². The molecule has 1 saturated heterocycles. The minimum Gasteiger partial charge on any atom is -0.380 e. The molecule has 1 heterocycles. The summed E-state index contributed by atoms with van der Waals surface area (Å²) < 4.78 is 5.37. The molecular formula is C13H16N2O4. The standard InChI is InChI=1S/C13H16N2O4/c1-10(16)12-9-11(15(17)18)3-4-13(12)14-5-2-7-19-8-6-14/h3-4,9H,2,5-8H2,1H3. The topological polar surface area (TPSA) is 72.7 Å². The largest absolute Gasteiger partial charge is 0.380 e. The Labute approximate surface area is 111 Å². The molecule has 0 unspecified atom stereocenters. The first-order valence-electron chi connectivity index (χ1n) is 6.21. The van der Waals surface area contributed by atoms with Gasteiger partial charge in [0.1, 0.15) is 0 Å². The average Bonchev–Trinajstić information content (AvgIpc) is 2.66. The predicted molar refractivity (Wildman–Crippen MR) is 70.7 cm³/mol. The Morgan fingerprint density at radius 1 is 1.37 bits per heavy atom. The summed E-state index contributed by atoms with van der Waals surface area (Å²) in [6, 6.07) is 4.44. The molecule has 0 spiro atoms. The van der Waals surface area contributed by atoms with Crippen LogP contribution >= 0.6 is 0 Å². The fraction of sp³-hybridized carbons (Fsp3) is 0.462. The number of hydrogen-bond donors (Lipinski definition) is 0. The number of hydrogen-bond acceptors (Lipinski definition) is 5. The second kappa shape index (κ2) is 5.79. The lowest BCUT2D eigenvalue weighted by atomic mass is 10.1. The van der Waals surface area contributed by atoms with Crippen molar-refractivity contribution < 1.29 is 14.5 Å². The molecule has 0 amide bonds. The fourth-order valence-corrected chi connectivity index (χ4v) is 2.18. The molecule has 0 radical (unpaired) electrons. The molecule has 1 aromatic rings. The molecule has 102 valence electrons. The van der Waals surface area contributed by atoms with Crippen molar-refractivity contribution in [3.8, 4) is 0 Å². The average molecular weight is 264 g/mol. The first kappa shape index (κ1) is 13.5. The van der Waals surface area contributed by atoms with Crippen LogP contribution in [-0.2, 0) is 4.74 Å². The van der Waals surface area contributed by atoms with E-state index in [-0.39, 0.29) is 11.5 Å². The molecule has 2 rings (SSSR count). The summed E-state index contributed by atoms with van der Waals surface area (Å²) in [6.45, 7) is 4.22. The molecule has 0 atom stereocenters. The van der Waals surface area contributed by atoms with E-state index in [0.717, 1.165) is 18.7 Å². The van der Waals surface area contributed by atoms with Gasteiger partial charge in [-0.1, -0.05) is 0 Å². The third kappa shape index (κ3) is 3.08. The van der Waals surface area contributed by atoms with E-state index < -0.39 is 4.92 Å². The van der Waals surface area contributed by atoms with Crippen LogP contribution in [0.2, 0.25) is 0 Å². The molecule has 1 fully saturated rings. The minimum atomic E-state index is -0.484. The second-order valence-electron chi connectivity index (χ2n) is 4.47. The molecule has 0 aliphatic carbocycles. The Morgan fingerprint density at radius 2 is 2.16 bits per heavy atom. The summed E-state index contributed by atoms with van der Waals surface area (Å²) in [5, 5.41) is 10.8. The van der Waals surface area contributed by atoms with Crippen LogP contribution < -0.4 is 4.90 Å². The quantitative estimate of drug-likeness (QED) is 0.474. The summed E-state index contributed by atoms with van der Waals surface area (Å²) in [7, 11) is 0. The Bertz CT molecular complexity index is 493. The van der Waals surface area contributed by atoms with Gasteiger partial charge in [0, 0.05) is 43.1 Å². The maximum atomic E-state index is 11.7. The van der Waals surface area contributed by atoms with Crippen LogP contribution in [0.1, 0.15) is 23.7 Å². The first-order valence-corrected chi connectivity index (χ1v) is 6.21. The van der Waals surface area contributed by atoms with Gasteiger partial charge in [0.2, 0.25) is 0 Å². The Morgan fingerprint density at radius 3 is 2.84 bits per heavy atom. The van der Waals surface area contributed by atoms with Crippen LogP contribution in [0.15, 0.2) is 18.2 Å². The number of non-ortho nitro benzene ring substituents is 1. The highest BCUT2D eigenvalue weighted by Gasteiger charge is 2.19. The third-order valence-electron chi connectivity index (χ3n) is 3.13. The van der Waals surface area contributed by atoms with Crippen molar-refractivity contribution in [1.29, 1.82) is 0 Å². The molecule has 0 saturated carbocycles. The van der Waals surface area contributed by atoms with Crippen LogP contribution in [0.4, 0.5) is 11.4 Å². The molecule has 1 aliphatic rings. The number of ketones is 1. The van der Waals surface area contributed by atoms with E-state index in [0.29, 0.717) is 25.3 Å². The lowest BCUT2D eigenvalue weighted by Crippen LogP contribution is -2.27. The zero-order chi connectivity index (χ0) is 13.8. The number of carbonyl (C=O) groups is 1. The highest BCUT2D eigenvalue weighted by atomic mass is 16.6. The van der Waals surface area contributed by atoms with E-state index in [1.54, 1.807) is 6.07 Å². The van der Waals surface area contributed by atoms with E-state index in [1.807, 2.05) is 4.90 Å². The van der Waals surface area contributed by atoms with Crippen molar-refractivity contribution in [2.24, 2.45) is 0 Å². The van der Waals surface area contributed by atoms with E-state index in [2.05, 4.69) is 0 Å². The van der Waals surface area contributed by atoms with E-state index >= 15 is 0 Å². The summed E-state index contributed by atoms with van der Waals surface area (Å²) in [4.78, 5) is 24.0. The number of ether oxygens (including phenoxy) is 1. The van der Waals surface area contributed by atoms with Crippen LogP contribution in [0.25, 0.3) is 0 Å². The molecule has 6 heteroatoms. The van der Waals surface area contributed by atoms with Gasteiger partial charge in [-0.3, -0.25) is 14.9 Å². The van der Waals surface area contributed by atoms with Gasteiger partial charge in [-0.2, -0.15) is 0 Å². The molecule has 19 heavy (non-hydrogen) atoms. The summed E-state index contributed by atoms with van der Waals surface area (Å²) in [6.07, 6.45) is 0.883. The van der Waals surface area contributed by atoms with E-state index in [9.17, 15) is 14.9 Å². The lowest BCUT2D eigenvalue weighted by Gasteiger charge is -2.23. The number of carbonyl (C=O) groups excluding carboxylic acids is 1. The minimum absolute atomic E-state index is 0.0555. The van der Waals surface area contributed by atoms with Crippen molar-refractivity contribution >= 4 is 17.2 Å². The van der Waals surface area contributed by atoms with Crippen LogP contribution in [0.5, 0.6) is 0 Å². The van der Waals surface area contributed by atoms with Crippen molar-refractivity contribution in [3.63, 3.8) is 0 Å². The number of rotatable bonds is 3. The molecular weight excluding hydrogens is 248 g/mol. The van der Waals surface area contributed by atoms with Gasteiger partial charge < -0.3 is 9.64 Å². The predicted octanol–water partition coefficient (Wildman–Crippen LogP) is 2.02. The van der Waals surface area contributed by atoms with Gasteiger partial charge in [-0.05, 0) is 19.4 Å². The van der Waals surface area contributed by atoms with Crippen LogP contribution in [-0.4, -0.2) is 37.0 Å². The third-order valence-corrected chi connectivity index (χ3v) is 3.13. The first-order chi connectivity index (χ1) is 9.09. The Kier molecular flexibility index (Phi) is 4.11. The van der Waals surface area contributed by atoms with Gasteiger partial charge >= 0.3 is 0 Å². The molecule has 1 aliphatic heterocycles. The maximum absolute atomic E-state index is 11.7. The van der Waals surface area contributed by atoms with Gasteiger partial charge in [-0.15, -0.1) is 0 Å². The summed E-state index contributed by atoms with van der Waals surface area (Å²) in [5.41, 5.74) is 1.10. The Balaban J connectivity index is 2.37. The number of nitrogens with zero attached hydrogens (tertiary/aromatic N) is 2. The van der Waals surface area contributed by atoms with Gasteiger partial charge in [-0.25, -0.2) is 0 Å². The smallest absolute Gasteiger partial charge is 0.270 e. The van der Waals surface area contributed by atoms with E-state index in [4.69, 9.17) is 4.74 Å². The van der Waals surface area contributed by atoms with Crippen molar-refractivity contribution in [1.82, 2.24) is 0 Å². The normalized spacial score (nSPS) is 15.9. The SMILES string of the molecule is CC(=O)c1cc([N+](=O)[O-])ccc1N1CCCOCC1. The zero-order valence-electron chi connectivity index (χ0n) is 10.8. The lowest BCUT2D eigenvalue weighted by molar-refractivity contribution is -0.384. The van der Waals surface area contributed by atoms with Crippen LogP contribution in [0, 0.1) is 10.1 Å². The number of nitro benzene ring substituents is 1. The number of Topliss-reactive ketones (excluding diaryl/α,β-unsaturated/α-hetero) is 1. The zero-order valence-corrected chi connectivity index (χ0v) is 10.8. The van der Waals surface area contributed by atoms with Crippen LogP contribution in [0.3, 0.4) is 0 Å². The number of benzene rings is 1. The highest BCUT2D eigenvalue weighted by molar-refractivity contribution is 6.00. The van der Waals surface area contributed by atoms with Gasteiger partial charge in [0.15, 0.2) is 5.78 Å². The molecule has 0 N–H and O–H groups in total. The van der Waals surface area contributed by atoms with Crippen molar-refractivity contribution in [2.75, 3.05) is 31.2 Å².